The maximum Gasteiger partial charge on any atom is 0.265 e. The van der Waals surface area contributed by atoms with E-state index in [9.17, 15) is 4.79 Å². The van der Waals surface area contributed by atoms with E-state index < -0.39 is 0 Å². The van der Waals surface area contributed by atoms with Crippen molar-refractivity contribution < 1.29 is 0 Å². The second-order valence-electron chi connectivity index (χ2n) is 4.60. The number of pyridine rings is 1. The van der Waals surface area contributed by atoms with Gasteiger partial charge in [-0.1, -0.05) is 0 Å². The van der Waals surface area contributed by atoms with Crippen molar-refractivity contribution in [1.29, 1.82) is 0 Å². The molecule has 2 aliphatic rings. The van der Waals surface area contributed by atoms with Crippen molar-refractivity contribution >= 4 is 44.3 Å². The van der Waals surface area contributed by atoms with Crippen LogP contribution >= 0.6 is 44.3 Å². The van der Waals surface area contributed by atoms with Crippen LogP contribution in [0.1, 0.15) is 18.0 Å². The van der Waals surface area contributed by atoms with Gasteiger partial charge in [-0.05, 0) is 56.8 Å². The Balaban J connectivity index is 0.00000108. The normalized spacial score (nSPS) is 26.0. The van der Waals surface area contributed by atoms with Crippen LogP contribution in [0, 0.1) is 5.92 Å². The quantitative estimate of drug-likeness (QED) is 0.746. The second kappa shape index (κ2) is 5.03. The van der Waals surface area contributed by atoms with Crippen LogP contribution in [-0.4, -0.2) is 17.7 Å². The average Bonchev–Trinajstić information content (AvgIpc) is 2.25. The van der Waals surface area contributed by atoms with Gasteiger partial charge in [0.25, 0.3) is 5.56 Å². The number of hydrogen-bond donors (Lipinski definition) is 1. The molecule has 0 amide bonds. The Hall–Kier alpha value is 0.160. The van der Waals surface area contributed by atoms with Crippen LogP contribution in [0.5, 0.6) is 0 Å². The molecule has 1 aromatic rings. The molecule has 3 rings (SSSR count). The Morgan fingerprint density at radius 2 is 2.06 bits per heavy atom. The lowest BCUT2D eigenvalue weighted by atomic mass is 9.84. The van der Waals surface area contributed by atoms with Crippen LogP contribution in [0.2, 0.25) is 0 Å². The predicted molar refractivity (Wildman–Crippen MR) is 77.1 cm³/mol. The molecule has 1 saturated heterocycles. The Labute approximate surface area is 123 Å². The third-order valence-electron chi connectivity index (χ3n) is 3.51. The average molecular weight is 384 g/mol. The number of fused-ring (bicyclic) bond motifs is 4. The molecule has 2 aliphatic heterocycles. The highest BCUT2D eigenvalue weighted by atomic mass is 79.9. The number of halogens is 3. The minimum absolute atomic E-state index is 0. The van der Waals surface area contributed by atoms with E-state index in [1.165, 1.54) is 6.42 Å². The summed E-state index contributed by atoms with van der Waals surface area (Å²) in [5.41, 5.74) is 1.27. The first-order valence-corrected chi connectivity index (χ1v) is 7.05. The zero-order valence-electron chi connectivity index (χ0n) is 9.08. The topological polar surface area (TPSA) is 34.0 Å². The van der Waals surface area contributed by atoms with Gasteiger partial charge >= 0.3 is 0 Å². The molecule has 2 unspecified atom stereocenters. The standard InChI is InChI=1S/C11H12Br2N2O.ClH/c12-8-2-9(13)11(16)15-5-6-1-7(10(8)15)4-14-3-6;/h2,6-7,14H,1,3-5H2;1H. The number of piperidine rings is 1. The lowest BCUT2D eigenvalue weighted by Crippen LogP contribution is -2.45. The van der Waals surface area contributed by atoms with E-state index in [4.69, 9.17) is 0 Å². The first-order valence-electron chi connectivity index (χ1n) is 5.46. The summed E-state index contributed by atoms with van der Waals surface area (Å²) < 4.78 is 3.63. The number of nitrogens with one attached hydrogen (secondary N) is 1. The highest BCUT2D eigenvalue weighted by Crippen LogP contribution is 2.36. The fourth-order valence-electron chi connectivity index (χ4n) is 2.85. The van der Waals surface area contributed by atoms with Crippen molar-refractivity contribution in [2.75, 3.05) is 13.1 Å². The van der Waals surface area contributed by atoms with Gasteiger partial charge in [0, 0.05) is 29.2 Å². The summed E-state index contributed by atoms with van der Waals surface area (Å²) in [6, 6.07) is 1.88. The van der Waals surface area contributed by atoms with Crippen molar-refractivity contribution in [3.05, 3.63) is 31.1 Å². The number of hydrogen-bond acceptors (Lipinski definition) is 2. The highest BCUT2D eigenvalue weighted by Gasteiger charge is 2.32. The molecule has 2 bridgehead atoms. The second-order valence-corrected chi connectivity index (χ2v) is 6.31. The van der Waals surface area contributed by atoms with E-state index in [1.807, 2.05) is 10.6 Å². The summed E-state index contributed by atoms with van der Waals surface area (Å²) in [5.74, 6) is 1.08. The van der Waals surface area contributed by atoms with Crippen LogP contribution in [-0.2, 0) is 6.54 Å². The highest BCUT2D eigenvalue weighted by molar-refractivity contribution is 9.11. The summed E-state index contributed by atoms with van der Waals surface area (Å²) in [5, 5.41) is 3.44. The molecular weight excluding hydrogens is 371 g/mol. The molecule has 2 atom stereocenters. The van der Waals surface area contributed by atoms with Crippen LogP contribution in [0.25, 0.3) is 0 Å². The molecule has 0 aromatic carbocycles. The molecule has 0 radical (unpaired) electrons. The summed E-state index contributed by atoms with van der Waals surface area (Å²) in [6.07, 6.45) is 1.20. The Bertz CT molecular complexity index is 503. The van der Waals surface area contributed by atoms with Crippen molar-refractivity contribution in [2.24, 2.45) is 5.92 Å². The van der Waals surface area contributed by atoms with Gasteiger partial charge in [-0.15, -0.1) is 12.4 Å². The van der Waals surface area contributed by atoms with Crippen molar-refractivity contribution in [1.82, 2.24) is 9.88 Å². The molecule has 0 spiro atoms. The Kier molecular flexibility index (Phi) is 4.02. The fraction of sp³-hybridized carbons (Fsp3) is 0.545. The first-order chi connectivity index (χ1) is 7.66. The Morgan fingerprint density at radius 1 is 1.29 bits per heavy atom. The van der Waals surface area contributed by atoms with E-state index in [2.05, 4.69) is 37.2 Å². The maximum atomic E-state index is 12.1. The molecule has 3 nitrogen and oxygen atoms in total. The number of aromatic nitrogens is 1. The largest absolute Gasteiger partial charge is 0.316 e. The third-order valence-corrected chi connectivity index (χ3v) is 4.71. The van der Waals surface area contributed by atoms with E-state index in [0.29, 0.717) is 16.3 Å². The minimum atomic E-state index is 0. The SMILES string of the molecule is Cl.O=c1c(Br)cc(Br)c2n1CC1CNCC2C1. The zero-order valence-corrected chi connectivity index (χ0v) is 13.1. The summed E-state index contributed by atoms with van der Waals surface area (Å²) in [6.45, 7) is 2.86. The molecule has 1 aromatic heterocycles. The van der Waals surface area contributed by atoms with Crippen LogP contribution in [0.4, 0.5) is 0 Å². The van der Waals surface area contributed by atoms with Crippen LogP contribution < -0.4 is 10.9 Å². The summed E-state index contributed by atoms with van der Waals surface area (Å²) >= 11 is 6.90. The smallest absolute Gasteiger partial charge is 0.265 e. The Morgan fingerprint density at radius 3 is 2.82 bits per heavy atom. The zero-order chi connectivity index (χ0) is 11.3. The summed E-state index contributed by atoms with van der Waals surface area (Å²) in [7, 11) is 0. The lowest BCUT2D eigenvalue weighted by Gasteiger charge is -2.38. The van der Waals surface area contributed by atoms with E-state index in [1.54, 1.807) is 0 Å². The lowest BCUT2D eigenvalue weighted by molar-refractivity contribution is 0.256. The maximum absolute atomic E-state index is 12.1. The molecule has 17 heavy (non-hydrogen) atoms. The van der Waals surface area contributed by atoms with E-state index in [0.717, 1.165) is 29.8 Å². The van der Waals surface area contributed by atoms with Crippen molar-refractivity contribution in [3.63, 3.8) is 0 Å². The van der Waals surface area contributed by atoms with Gasteiger partial charge in [-0.2, -0.15) is 0 Å². The molecular formula is C11H13Br2ClN2O. The molecule has 1 N–H and O–H groups in total. The van der Waals surface area contributed by atoms with E-state index in [-0.39, 0.29) is 18.0 Å². The number of nitrogens with zero attached hydrogens (tertiary/aromatic N) is 1. The van der Waals surface area contributed by atoms with Gasteiger partial charge in [0.05, 0.1) is 4.47 Å². The molecule has 94 valence electrons. The van der Waals surface area contributed by atoms with Crippen LogP contribution in [0.3, 0.4) is 0 Å². The summed E-state index contributed by atoms with van der Waals surface area (Å²) in [4.78, 5) is 12.1. The van der Waals surface area contributed by atoms with Gasteiger partial charge in [-0.25, -0.2) is 0 Å². The van der Waals surface area contributed by atoms with Gasteiger partial charge < -0.3 is 9.88 Å². The molecule has 0 saturated carbocycles. The minimum Gasteiger partial charge on any atom is -0.316 e. The first kappa shape index (κ1) is 13.6. The monoisotopic (exact) mass is 382 g/mol. The molecule has 1 fully saturated rings. The fourth-order valence-corrected chi connectivity index (χ4v) is 4.36. The van der Waals surface area contributed by atoms with Crippen LogP contribution in [0.15, 0.2) is 19.8 Å². The molecule has 6 heteroatoms. The van der Waals surface area contributed by atoms with Gasteiger partial charge in [-0.3, -0.25) is 4.79 Å². The van der Waals surface area contributed by atoms with Gasteiger partial charge in [0.15, 0.2) is 0 Å². The van der Waals surface area contributed by atoms with Crippen molar-refractivity contribution in [2.45, 2.75) is 18.9 Å². The third kappa shape index (κ3) is 2.23. The van der Waals surface area contributed by atoms with Gasteiger partial charge in [0.2, 0.25) is 0 Å². The van der Waals surface area contributed by atoms with Gasteiger partial charge in [0.1, 0.15) is 0 Å². The molecule has 3 heterocycles. The van der Waals surface area contributed by atoms with Crippen molar-refractivity contribution in [3.8, 4) is 0 Å². The number of rotatable bonds is 0. The predicted octanol–water partition coefficient (Wildman–Crippen LogP) is 2.50. The van der Waals surface area contributed by atoms with E-state index >= 15 is 0 Å². The molecule has 0 aliphatic carbocycles.